The zero-order valence-electron chi connectivity index (χ0n) is 18.7. The third-order valence-electron chi connectivity index (χ3n) is 6.41. The van der Waals surface area contributed by atoms with Gasteiger partial charge in [-0.2, -0.15) is 4.31 Å². The van der Waals surface area contributed by atoms with E-state index in [1.54, 1.807) is 22.8 Å². The van der Waals surface area contributed by atoms with E-state index in [0.29, 0.717) is 29.9 Å². The average Bonchev–Trinajstić information content (AvgIpc) is 3.12. The van der Waals surface area contributed by atoms with Crippen LogP contribution in [0.3, 0.4) is 0 Å². The highest BCUT2D eigenvalue weighted by Gasteiger charge is 2.29. The molecule has 1 aromatic carbocycles. The number of piperidine rings is 1. The molecule has 2 fully saturated rings. The van der Waals surface area contributed by atoms with Crippen molar-refractivity contribution in [1.82, 2.24) is 18.7 Å². The summed E-state index contributed by atoms with van der Waals surface area (Å²) in [5.74, 6) is 0.0809. The molecule has 8 nitrogen and oxygen atoms in total. The van der Waals surface area contributed by atoms with Crippen molar-refractivity contribution in [3.63, 3.8) is 0 Å². The summed E-state index contributed by atoms with van der Waals surface area (Å²) >= 11 is 1.04. The molecule has 0 N–H and O–H groups in total. The third kappa shape index (κ3) is 4.93. The molecular formula is C22H32N4O4S2. The summed E-state index contributed by atoms with van der Waals surface area (Å²) in [4.78, 5) is 29.3. The van der Waals surface area contributed by atoms with Crippen molar-refractivity contribution in [2.75, 3.05) is 45.8 Å². The fraction of sp³-hybridized carbons (Fsp3) is 0.636. The van der Waals surface area contributed by atoms with Crippen molar-refractivity contribution < 1.29 is 13.2 Å². The minimum Gasteiger partial charge on any atom is -0.343 e. The first kappa shape index (κ1) is 23.4. The Labute approximate surface area is 193 Å². The van der Waals surface area contributed by atoms with E-state index in [1.807, 2.05) is 4.90 Å². The van der Waals surface area contributed by atoms with Crippen molar-refractivity contribution in [3.05, 3.63) is 27.9 Å². The van der Waals surface area contributed by atoms with Crippen molar-refractivity contribution in [2.24, 2.45) is 0 Å². The second-order valence-corrected chi connectivity index (χ2v) is 11.5. The van der Waals surface area contributed by atoms with Crippen molar-refractivity contribution in [2.45, 2.75) is 50.5 Å². The Kier molecular flexibility index (Phi) is 7.34. The van der Waals surface area contributed by atoms with Crippen LogP contribution in [0.5, 0.6) is 0 Å². The monoisotopic (exact) mass is 480 g/mol. The highest BCUT2D eigenvalue weighted by atomic mass is 32.2. The largest absolute Gasteiger partial charge is 0.343 e. The van der Waals surface area contributed by atoms with Gasteiger partial charge in [0.1, 0.15) is 0 Å². The number of nitrogens with zero attached hydrogens (tertiary/aromatic N) is 4. The minimum atomic E-state index is -3.59. The number of rotatable bonds is 7. The number of benzene rings is 1. The quantitative estimate of drug-likeness (QED) is 0.607. The molecule has 3 heterocycles. The second-order valence-electron chi connectivity index (χ2n) is 8.59. The fourth-order valence-electron chi connectivity index (χ4n) is 4.59. The molecule has 2 aromatic rings. The molecule has 0 radical (unpaired) electrons. The van der Waals surface area contributed by atoms with E-state index >= 15 is 0 Å². The molecular weight excluding hydrogens is 448 g/mol. The van der Waals surface area contributed by atoms with Crippen molar-refractivity contribution in [1.29, 1.82) is 0 Å². The van der Waals surface area contributed by atoms with Gasteiger partial charge in [0.2, 0.25) is 15.9 Å². The molecule has 0 bridgehead atoms. The zero-order chi connectivity index (χ0) is 22.7. The van der Waals surface area contributed by atoms with Gasteiger partial charge in [0.25, 0.3) is 0 Å². The Balaban J connectivity index is 1.48. The molecule has 1 aromatic heterocycles. The molecule has 4 rings (SSSR count). The Hall–Kier alpha value is -1.75. The van der Waals surface area contributed by atoms with Crippen LogP contribution in [0.1, 0.15) is 39.0 Å². The van der Waals surface area contributed by atoms with Gasteiger partial charge in [0, 0.05) is 52.2 Å². The lowest BCUT2D eigenvalue weighted by Crippen LogP contribution is -2.48. The summed E-state index contributed by atoms with van der Waals surface area (Å²) in [5, 5.41) is 0. The van der Waals surface area contributed by atoms with Crippen LogP contribution in [0, 0.1) is 0 Å². The number of aryl methyl sites for hydroxylation is 1. The van der Waals surface area contributed by atoms with Crippen LogP contribution < -0.4 is 4.87 Å². The number of carbonyl (C=O) groups is 1. The van der Waals surface area contributed by atoms with E-state index in [4.69, 9.17) is 0 Å². The Bertz CT molecular complexity index is 1110. The Morgan fingerprint density at radius 1 is 1.00 bits per heavy atom. The number of sulfonamides is 1. The first-order valence-corrected chi connectivity index (χ1v) is 13.8. The SMILES string of the molecule is CCCN1CCN(S(=O)(=O)c2ccc3c(c2)sc(=O)n3CCC(=O)N2CCCCC2)CC1. The molecule has 0 unspecified atom stereocenters. The summed E-state index contributed by atoms with van der Waals surface area (Å²) < 4.78 is 30.1. The van der Waals surface area contributed by atoms with Gasteiger partial charge < -0.3 is 9.80 Å². The van der Waals surface area contributed by atoms with Crippen LogP contribution in [0.2, 0.25) is 0 Å². The minimum absolute atomic E-state index is 0.0809. The van der Waals surface area contributed by atoms with Gasteiger partial charge in [-0.25, -0.2) is 8.42 Å². The molecule has 2 aliphatic rings. The average molecular weight is 481 g/mol. The van der Waals surface area contributed by atoms with Gasteiger partial charge in [0.15, 0.2) is 0 Å². The summed E-state index contributed by atoms with van der Waals surface area (Å²) in [6.07, 6.45) is 4.59. The first-order chi connectivity index (χ1) is 15.4. The van der Waals surface area contributed by atoms with Crippen LogP contribution in [-0.2, 0) is 21.4 Å². The summed E-state index contributed by atoms with van der Waals surface area (Å²) in [7, 11) is -3.59. The summed E-state index contributed by atoms with van der Waals surface area (Å²) in [6.45, 7) is 7.47. The van der Waals surface area contributed by atoms with E-state index in [-0.39, 0.29) is 22.1 Å². The Morgan fingerprint density at radius 3 is 2.41 bits per heavy atom. The highest BCUT2D eigenvalue weighted by Crippen LogP contribution is 2.25. The number of carbonyl (C=O) groups excluding carboxylic acids is 1. The smallest absolute Gasteiger partial charge is 0.308 e. The number of fused-ring (bicyclic) bond motifs is 1. The number of likely N-dealkylation sites (tertiary alicyclic amines) is 1. The lowest BCUT2D eigenvalue weighted by atomic mass is 10.1. The van der Waals surface area contributed by atoms with Gasteiger partial charge in [-0.15, -0.1) is 0 Å². The number of hydrogen-bond acceptors (Lipinski definition) is 6. The lowest BCUT2D eigenvalue weighted by molar-refractivity contribution is -0.132. The number of piperazine rings is 1. The van der Waals surface area contributed by atoms with Crippen LogP contribution in [-0.4, -0.2) is 78.8 Å². The standard InChI is InChI=1S/C22H32N4O4S2/c1-2-9-23-13-15-25(16-14-23)32(29,30)18-6-7-19-20(17-18)31-22(28)26(19)12-8-21(27)24-10-4-3-5-11-24/h6-7,17H,2-5,8-16H2,1H3. The van der Waals surface area contributed by atoms with E-state index in [1.165, 1.54) is 4.31 Å². The maximum Gasteiger partial charge on any atom is 0.308 e. The Morgan fingerprint density at radius 2 is 1.72 bits per heavy atom. The van der Waals surface area contributed by atoms with E-state index in [0.717, 1.165) is 69.7 Å². The normalized spacial score (nSPS) is 19.0. The first-order valence-electron chi connectivity index (χ1n) is 11.5. The molecule has 1 amide bonds. The van der Waals surface area contributed by atoms with Crippen molar-refractivity contribution >= 4 is 37.5 Å². The molecule has 32 heavy (non-hydrogen) atoms. The van der Waals surface area contributed by atoms with Gasteiger partial charge in [0.05, 0.1) is 15.1 Å². The van der Waals surface area contributed by atoms with Crippen LogP contribution in [0.4, 0.5) is 0 Å². The number of aromatic nitrogens is 1. The molecule has 0 aliphatic carbocycles. The van der Waals surface area contributed by atoms with Gasteiger partial charge in [-0.3, -0.25) is 14.2 Å². The topological polar surface area (TPSA) is 82.9 Å². The van der Waals surface area contributed by atoms with Gasteiger partial charge in [-0.05, 0) is 50.4 Å². The van der Waals surface area contributed by atoms with Gasteiger partial charge in [-0.1, -0.05) is 18.3 Å². The van der Waals surface area contributed by atoms with E-state index in [9.17, 15) is 18.0 Å². The van der Waals surface area contributed by atoms with Crippen molar-refractivity contribution in [3.8, 4) is 0 Å². The van der Waals surface area contributed by atoms with Crippen LogP contribution >= 0.6 is 11.3 Å². The molecule has 2 saturated heterocycles. The number of hydrogen-bond donors (Lipinski definition) is 0. The number of amides is 1. The molecule has 2 aliphatic heterocycles. The highest BCUT2D eigenvalue weighted by molar-refractivity contribution is 7.89. The molecule has 0 saturated carbocycles. The maximum absolute atomic E-state index is 13.2. The fourth-order valence-corrected chi connectivity index (χ4v) is 7.07. The zero-order valence-corrected chi connectivity index (χ0v) is 20.3. The predicted molar refractivity (Wildman–Crippen MR) is 127 cm³/mol. The molecule has 10 heteroatoms. The molecule has 0 atom stereocenters. The summed E-state index contributed by atoms with van der Waals surface area (Å²) in [5.41, 5.74) is 0.693. The molecule has 176 valence electrons. The van der Waals surface area contributed by atoms with Gasteiger partial charge >= 0.3 is 4.87 Å². The van der Waals surface area contributed by atoms with Crippen LogP contribution in [0.15, 0.2) is 27.9 Å². The lowest BCUT2D eigenvalue weighted by Gasteiger charge is -2.33. The van der Waals surface area contributed by atoms with E-state index < -0.39 is 10.0 Å². The second kappa shape index (κ2) is 10.0. The third-order valence-corrected chi connectivity index (χ3v) is 9.24. The van der Waals surface area contributed by atoms with E-state index in [2.05, 4.69) is 11.8 Å². The molecule has 0 spiro atoms. The number of thiazole rings is 1. The summed E-state index contributed by atoms with van der Waals surface area (Å²) in [6, 6.07) is 4.90. The predicted octanol–water partition coefficient (Wildman–Crippen LogP) is 2.18. The maximum atomic E-state index is 13.2. The van der Waals surface area contributed by atoms with Crippen LogP contribution in [0.25, 0.3) is 10.2 Å².